The number of anilines is 1. The molecule has 2 heteroatoms. The molecular formula is C16H13NO. The van der Waals surface area contributed by atoms with Crippen molar-refractivity contribution in [2.45, 2.75) is 0 Å². The second-order valence-electron chi connectivity index (χ2n) is 4.26. The van der Waals surface area contributed by atoms with E-state index in [0.29, 0.717) is 5.69 Å². The van der Waals surface area contributed by atoms with E-state index >= 15 is 0 Å². The van der Waals surface area contributed by atoms with Crippen LogP contribution in [0.3, 0.4) is 0 Å². The monoisotopic (exact) mass is 235 g/mol. The lowest BCUT2D eigenvalue weighted by Gasteiger charge is -2.20. The van der Waals surface area contributed by atoms with Crippen LogP contribution < -0.4 is 10.5 Å². The van der Waals surface area contributed by atoms with Gasteiger partial charge in [-0.3, -0.25) is 0 Å². The maximum absolute atomic E-state index is 5.89. The van der Waals surface area contributed by atoms with Crippen molar-refractivity contribution in [1.82, 2.24) is 0 Å². The lowest BCUT2D eigenvalue weighted by molar-refractivity contribution is 0.510. The molecule has 2 aromatic rings. The molecule has 3 rings (SSSR count). The van der Waals surface area contributed by atoms with Gasteiger partial charge in [0.15, 0.2) is 0 Å². The molecule has 0 unspecified atom stereocenters. The van der Waals surface area contributed by atoms with Crippen molar-refractivity contribution in [3.05, 3.63) is 72.3 Å². The minimum atomic E-state index is 0.691. The average molecular weight is 235 g/mol. The Morgan fingerprint density at radius 3 is 2.56 bits per heavy atom. The lowest BCUT2D eigenvalue weighted by atomic mass is 10.0. The minimum absolute atomic E-state index is 0.691. The molecule has 0 spiro atoms. The third-order valence-electron chi connectivity index (χ3n) is 2.94. The SMILES string of the molecule is C=C1C=C(c2ccccc2)Oc2cc(N)ccc21. The smallest absolute Gasteiger partial charge is 0.137 e. The zero-order chi connectivity index (χ0) is 12.5. The van der Waals surface area contributed by atoms with E-state index in [1.54, 1.807) is 0 Å². The molecular weight excluding hydrogens is 222 g/mol. The highest BCUT2D eigenvalue weighted by molar-refractivity contribution is 5.87. The topological polar surface area (TPSA) is 35.2 Å². The van der Waals surface area contributed by atoms with E-state index < -0.39 is 0 Å². The zero-order valence-electron chi connectivity index (χ0n) is 9.89. The summed E-state index contributed by atoms with van der Waals surface area (Å²) in [5.41, 5.74) is 9.44. The molecule has 0 aliphatic carbocycles. The number of nitrogen functional groups attached to an aromatic ring is 1. The van der Waals surface area contributed by atoms with Crippen molar-refractivity contribution in [3.8, 4) is 5.75 Å². The molecule has 1 aliphatic rings. The van der Waals surface area contributed by atoms with E-state index in [2.05, 4.69) is 6.58 Å². The van der Waals surface area contributed by atoms with E-state index in [1.165, 1.54) is 0 Å². The minimum Gasteiger partial charge on any atom is -0.456 e. The van der Waals surface area contributed by atoms with Gasteiger partial charge in [0, 0.05) is 22.9 Å². The van der Waals surface area contributed by atoms with Crippen LogP contribution >= 0.6 is 0 Å². The van der Waals surface area contributed by atoms with Crippen LogP contribution in [0.4, 0.5) is 5.69 Å². The van der Waals surface area contributed by atoms with Crippen molar-refractivity contribution < 1.29 is 4.74 Å². The Labute approximate surface area is 106 Å². The lowest BCUT2D eigenvalue weighted by Crippen LogP contribution is -2.03. The van der Waals surface area contributed by atoms with Gasteiger partial charge in [-0.05, 0) is 23.8 Å². The second-order valence-corrected chi connectivity index (χ2v) is 4.26. The van der Waals surface area contributed by atoms with Crippen molar-refractivity contribution in [1.29, 1.82) is 0 Å². The van der Waals surface area contributed by atoms with Gasteiger partial charge in [-0.15, -0.1) is 0 Å². The Hall–Kier alpha value is -2.48. The van der Waals surface area contributed by atoms with Crippen LogP contribution in [0.5, 0.6) is 5.75 Å². The number of ether oxygens (including phenoxy) is 1. The molecule has 88 valence electrons. The largest absolute Gasteiger partial charge is 0.456 e. The molecule has 2 aromatic carbocycles. The van der Waals surface area contributed by atoms with Crippen LogP contribution in [0.25, 0.3) is 11.3 Å². The van der Waals surface area contributed by atoms with Gasteiger partial charge in [0.05, 0.1) is 0 Å². The Morgan fingerprint density at radius 1 is 1.00 bits per heavy atom. The van der Waals surface area contributed by atoms with Crippen molar-refractivity contribution in [2.24, 2.45) is 0 Å². The number of fused-ring (bicyclic) bond motifs is 1. The number of nitrogens with two attached hydrogens (primary N) is 1. The molecule has 0 radical (unpaired) electrons. The highest BCUT2D eigenvalue weighted by Crippen LogP contribution is 2.36. The average Bonchev–Trinajstić information content (AvgIpc) is 2.39. The van der Waals surface area contributed by atoms with Crippen LogP contribution in [0.1, 0.15) is 11.1 Å². The van der Waals surface area contributed by atoms with Gasteiger partial charge >= 0.3 is 0 Å². The summed E-state index contributed by atoms with van der Waals surface area (Å²) >= 11 is 0. The fraction of sp³-hybridized carbons (Fsp3) is 0. The zero-order valence-corrected chi connectivity index (χ0v) is 9.89. The van der Waals surface area contributed by atoms with E-state index in [1.807, 2.05) is 54.6 Å². The number of rotatable bonds is 1. The van der Waals surface area contributed by atoms with E-state index in [0.717, 1.165) is 28.2 Å². The Bertz CT molecular complexity index is 641. The third-order valence-corrected chi connectivity index (χ3v) is 2.94. The number of allylic oxidation sites excluding steroid dienone is 2. The molecule has 0 atom stereocenters. The Balaban J connectivity index is 2.06. The molecule has 0 aromatic heterocycles. The van der Waals surface area contributed by atoms with Crippen LogP contribution in [-0.2, 0) is 0 Å². The molecule has 0 saturated heterocycles. The van der Waals surface area contributed by atoms with Crippen LogP contribution in [0, 0.1) is 0 Å². The summed E-state index contributed by atoms with van der Waals surface area (Å²) in [4.78, 5) is 0. The van der Waals surface area contributed by atoms with E-state index in [4.69, 9.17) is 10.5 Å². The molecule has 0 saturated carbocycles. The first-order valence-corrected chi connectivity index (χ1v) is 5.78. The quantitative estimate of drug-likeness (QED) is 0.765. The maximum atomic E-state index is 5.89. The Morgan fingerprint density at radius 2 is 1.78 bits per heavy atom. The summed E-state index contributed by atoms with van der Waals surface area (Å²) in [6.07, 6.45) is 1.95. The highest BCUT2D eigenvalue weighted by Gasteiger charge is 2.16. The van der Waals surface area contributed by atoms with Gasteiger partial charge in [0.1, 0.15) is 11.5 Å². The van der Waals surface area contributed by atoms with E-state index in [-0.39, 0.29) is 0 Å². The predicted octanol–water partition coefficient (Wildman–Crippen LogP) is 3.72. The molecule has 2 nitrogen and oxygen atoms in total. The molecule has 0 fully saturated rings. The first kappa shape index (κ1) is 10.7. The Kier molecular flexibility index (Phi) is 2.41. The second kappa shape index (κ2) is 4.08. The molecule has 0 amide bonds. The van der Waals surface area contributed by atoms with Crippen LogP contribution in [-0.4, -0.2) is 0 Å². The maximum Gasteiger partial charge on any atom is 0.137 e. The molecule has 1 heterocycles. The fourth-order valence-electron chi connectivity index (χ4n) is 2.02. The first-order chi connectivity index (χ1) is 8.74. The van der Waals surface area contributed by atoms with Gasteiger partial charge in [0.25, 0.3) is 0 Å². The summed E-state index contributed by atoms with van der Waals surface area (Å²) in [5, 5.41) is 0. The van der Waals surface area contributed by atoms with E-state index in [9.17, 15) is 0 Å². The molecule has 1 aliphatic heterocycles. The van der Waals surface area contributed by atoms with Crippen LogP contribution in [0.15, 0.2) is 61.2 Å². The molecule has 2 N–H and O–H groups in total. The van der Waals surface area contributed by atoms with Crippen molar-refractivity contribution in [2.75, 3.05) is 5.73 Å². The summed E-state index contributed by atoms with van der Waals surface area (Å²) in [6, 6.07) is 15.6. The number of benzene rings is 2. The van der Waals surface area contributed by atoms with Gasteiger partial charge in [-0.2, -0.15) is 0 Å². The highest BCUT2D eigenvalue weighted by atomic mass is 16.5. The molecule has 18 heavy (non-hydrogen) atoms. The summed E-state index contributed by atoms with van der Waals surface area (Å²) < 4.78 is 5.89. The van der Waals surface area contributed by atoms with Crippen molar-refractivity contribution >= 4 is 17.0 Å². The normalized spacial score (nSPS) is 13.6. The predicted molar refractivity (Wildman–Crippen MR) is 74.9 cm³/mol. The fourth-order valence-corrected chi connectivity index (χ4v) is 2.02. The van der Waals surface area contributed by atoms with Gasteiger partial charge < -0.3 is 10.5 Å². The summed E-state index contributed by atoms with van der Waals surface area (Å²) in [7, 11) is 0. The van der Waals surface area contributed by atoms with Gasteiger partial charge in [-0.25, -0.2) is 0 Å². The third kappa shape index (κ3) is 1.78. The number of hydrogen-bond donors (Lipinski definition) is 1. The summed E-state index contributed by atoms with van der Waals surface area (Å²) in [5.74, 6) is 1.57. The van der Waals surface area contributed by atoms with Gasteiger partial charge in [-0.1, -0.05) is 36.9 Å². The standard InChI is InChI=1S/C16H13NO/c1-11-9-15(12-5-3-2-4-6-12)18-16-10-13(17)7-8-14(11)16/h2-10H,1,17H2. The first-order valence-electron chi connectivity index (χ1n) is 5.78. The number of hydrogen-bond acceptors (Lipinski definition) is 2. The van der Waals surface area contributed by atoms with Gasteiger partial charge in [0.2, 0.25) is 0 Å². The van der Waals surface area contributed by atoms with Crippen LogP contribution in [0.2, 0.25) is 0 Å². The van der Waals surface area contributed by atoms with Crippen molar-refractivity contribution in [3.63, 3.8) is 0 Å². The summed E-state index contributed by atoms with van der Waals surface area (Å²) in [6.45, 7) is 4.06. The molecule has 0 bridgehead atoms.